The number of rotatable bonds is 5. The summed E-state index contributed by atoms with van der Waals surface area (Å²) in [5.41, 5.74) is 4.04. The van der Waals surface area contributed by atoms with Crippen LogP contribution in [-0.2, 0) is 6.54 Å². The van der Waals surface area contributed by atoms with Gasteiger partial charge < -0.3 is 4.57 Å². The van der Waals surface area contributed by atoms with Crippen molar-refractivity contribution in [2.24, 2.45) is 10.5 Å². The minimum Gasteiger partial charge on any atom is -0.344 e. The van der Waals surface area contributed by atoms with Crippen LogP contribution in [0.5, 0.6) is 0 Å². The molecule has 0 aliphatic rings. The highest BCUT2D eigenvalue weighted by Crippen LogP contribution is 2.29. The molecule has 172 valence electrons. The summed E-state index contributed by atoms with van der Waals surface area (Å²) in [6.45, 7) is 13.9. The third kappa shape index (κ3) is 4.54. The maximum Gasteiger partial charge on any atom is 0.282 e. The third-order valence-corrected chi connectivity index (χ3v) is 6.59. The number of hydrogen-bond acceptors (Lipinski definition) is 3. The first-order chi connectivity index (χ1) is 15.6. The normalized spacial score (nSPS) is 13.4. The van der Waals surface area contributed by atoms with Gasteiger partial charge in [0.2, 0.25) is 0 Å². The summed E-state index contributed by atoms with van der Waals surface area (Å²) in [4.78, 5) is 18.3. The van der Waals surface area contributed by atoms with E-state index in [0.29, 0.717) is 16.7 Å². The molecule has 6 heteroatoms. The lowest BCUT2D eigenvalue weighted by atomic mass is 9.96. The summed E-state index contributed by atoms with van der Waals surface area (Å²) >= 11 is 3.47. The molecule has 4 aromatic rings. The highest BCUT2D eigenvalue weighted by Gasteiger charge is 2.19. The molecule has 0 unspecified atom stereocenters. The Kier molecular flexibility index (Phi) is 6.32. The molecule has 0 fully saturated rings. The molecule has 0 aliphatic heterocycles. The van der Waals surface area contributed by atoms with Gasteiger partial charge >= 0.3 is 0 Å². The van der Waals surface area contributed by atoms with Gasteiger partial charge in [-0.1, -0.05) is 68.7 Å². The molecule has 5 nitrogen and oxygen atoms in total. The standard InChI is InChI=1S/C27H31BrN4O/c1-7-17(2)25-30-23-13-12-19(28)14-21(23)26(33)32(25)29-15-22-18(3)31(16-27(4,5)6)24-11-9-8-10-20(22)24/h8-15,17H,7,16H2,1-6H3/t17-/m1/s1. The van der Waals surface area contributed by atoms with Crippen molar-refractivity contribution < 1.29 is 0 Å². The van der Waals surface area contributed by atoms with Crippen LogP contribution < -0.4 is 5.56 Å². The SMILES string of the molecule is CC[C@@H](C)c1nc2ccc(Br)cc2c(=O)n1N=Cc1c(C)n(CC(C)(C)C)c2ccccc12. The number of nitrogens with zero attached hydrogens (tertiary/aromatic N) is 4. The van der Waals surface area contributed by atoms with Gasteiger partial charge in [0, 0.05) is 39.1 Å². The molecule has 2 heterocycles. The Hall–Kier alpha value is -2.73. The van der Waals surface area contributed by atoms with Crippen molar-refractivity contribution in [1.82, 2.24) is 14.2 Å². The van der Waals surface area contributed by atoms with Crippen LogP contribution in [0.1, 0.15) is 64.0 Å². The maximum atomic E-state index is 13.5. The molecule has 0 N–H and O–H groups in total. The average Bonchev–Trinajstić information content (AvgIpc) is 3.02. The Morgan fingerprint density at radius 3 is 2.58 bits per heavy atom. The predicted octanol–water partition coefficient (Wildman–Crippen LogP) is 6.86. The Morgan fingerprint density at radius 2 is 1.88 bits per heavy atom. The smallest absolute Gasteiger partial charge is 0.282 e. The van der Waals surface area contributed by atoms with E-state index in [2.05, 4.69) is 80.2 Å². The van der Waals surface area contributed by atoms with Crippen molar-refractivity contribution >= 4 is 44.0 Å². The number of aromatic nitrogens is 3. The fourth-order valence-corrected chi connectivity index (χ4v) is 4.55. The van der Waals surface area contributed by atoms with E-state index in [1.807, 2.05) is 30.5 Å². The van der Waals surface area contributed by atoms with Gasteiger partial charge in [-0.2, -0.15) is 9.78 Å². The van der Waals surface area contributed by atoms with E-state index in [4.69, 9.17) is 10.1 Å². The summed E-state index contributed by atoms with van der Waals surface area (Å²) in [7, 11) is 0. The van der Waals surface area contributed by atoms with Crippen LogP contribution in [0.2, 0.25) is 0 Å². The lowest BCUT2D eigenvalue weighted by molar-refractivity contribution is 0.346. The fraction of sp³-hybridized carbons (Fsp3) is 0.370. The number of halogens is 1. The van der Waals surface area contributed by atoms with Crippen molar-refractivity contribution in [2.45, 2.75) is 60.4 Å². The maximum absolute atomic E-state index is 13.5. The van der Waals surface area contributed by atoms with Gasteiger partial charge in [0.15, 0.2) is 0 Å². The molecule has 0 amide bonds. The highest BCUT2D eigenvalue weighted by atomic mass is 79.9. The quantitative estimate of drug-likeness (QED) is 0.277. The molecule has 0 saturated heterocycles. The Morgan fingerprint density at radius 1 is 1.15 bits per heavy atom. The van der Waals surface area contributed by atoms with Crippen LogP contribution in [0.25, 0.3) is 21.8 Å². The van der Waals surface area contributed by atoms with Crippen molar-refractivity contribution in [3.63, 3.8) is 0 Å². The second-order valence-corrected chi connectivity index (χ2v) is 10.9. The van der Waals surface area contributed by atoms with Gasteiger partial charge in [-0.15, -0.1) is 0 Å². The zero-order valence-corrected chi connectivity index (χ0v) is 21.8. The molecular weight excluding hydrogens is 476 g/mol. The number of hydrogen-bond donors (Lipinski definition) is 0. The van der Waals surface area contributed by atoms with E-state index in [-0.39, 0.29) is 16.9 Å². The Balaban J connectivity index is 1.93. The van der Waals surface area contributed by atoms with Gasteiger partial charge in [0.25, 0.3) is 5.56 Å². The minimum absolute atomic E-state index is 0.103. The molecular formula is C27H31BrN4O. The first-order valence-electron chi connectivity index (χ1n) is 11.4. The third-order valence-electron chi connectivity index (χ3n) is 6.10. The minimum atomic E-state index is -0.149. The van der Waals surface area contributed by atoms with Gasteiger partial charge in [0.1, 0.15) is 5.82 Å². The molecule has 1 atom stereocenters. The van der Waals surface area contributed by atoms with Gasteiger partial charge in [-0.25, -0.2) is 4.98 Å². The van der Waals surface area contributed by atoms with Crippen molar-refractivity contribution in [3.8, 4) is 0 Å². The van der Waals surface area contributed by atoms with E-state index in [1.165, 1.54) is 10.2 Å². The predicted molar refractivity (Wildman–Crippen MR) is 142 cm³/mol. The first kappa shape index (κ1) is 23.4. The molecule has 2 aromatic heterocycles. The van der Waals surface area contributed by atoms with Gasteiger partial charge in [-0.05, 0) is 43.0 Å². The van der Waals surface area contributed by atoms with Crippen LogP contribution in [-0.4, -0.2) is 20.4 Å². The molecule has 4 rings (SSSR count). The number of benzene rings is 2. The molecule has 0 spiro atoms. The van der Waals surface area contributed by atoms with Crippen molar-refractivity contribution in [2.75, 3.05) is 0 Å². The fourth-order valence-electron chi connectivity index (χ4n) is 4.19. The van der Waals surface area contributed by atoms with E-state index in [9.17, 15) is 4.79 Å². The Bertz CT molecular complexity index is 1420. The molecule has 2 aromatic carbocycles. The Labute approximate surface area is 203 Å². The van der Waals surface area contributed by atoms with Crippen LogP contribution in [0.15, 0.2) is 56.8 Å². The molecule has 0 radical (unpaired) electrons. The van der Waals surface area contributed by atoms with Crippen LogP contribution in [0.3, 0.4) is 0 Å². The summed E-state index contributed by atoms with van der Waals surface area (Å²) in [6, 6.07) is 14.0. The highest BCUT2D eigenvalue weighted by molar-refractivity contribution is 9.10. The van der Waals surface area contributed by atoms with E-state index in [0.717, 1.165) is 34.1 Å². The van der Waals surface area contributed by atoms with E-state index < -0.39 is 0 Å². The zero-order chi connectivity index (χ0) is 23.9. The van der Waals surface area contributed by atoms with Crippen molar-refractivity contribution in [1.29, 1.82) is 0 Å². The zero-order valence-electron chi connectivity index (χ0n) is 20.2. The number of fused-ring (bicyclic) bond motifs is 2. The average molecular weight is 507 g/mol. The molecule has 33 heavy (non-hydrogen) atoms. The topological polar surface area (TPSA) is 52.2 Å². The molecule has 0 aliphatic carbocycles. The monoisotopic (exact) mass is 506 g/mol. The van der Waals surface area contributed by atoms with E-state index in [1.54, 1.807) is 0 Å². The summed E-state index contributed by atoms with van der Waals surface area (Å²) in [5, 5.41) is 6.43. The first-order valence-corrected chi connectivity index (χ1v) is 12.2. The van der Waals surface area contributed by atoms with Crippen LogP contribution in [0.4, 0.5) is 0 Å². The second-order valence-electron chi connectivity index (χ2n) is 9.97. The van der Waals surface area contributed by atoms with Crippen molar-refractivity contribution in [3.05, 3.63) is 74.4 Å². The van der Waals surface area contributed by atoms with E-state index >= 15 is 0 Å². The largest absolute Gasteiger partial charge is 0.344 e. The lowest BCUT2D eigenvalue weighted by Gasteiger charge is -2.21. The second kappa shape index (κ2) is 8.90. The summed E-state index contributed by atoms with van der Waals surface area (Å²) in [5.74, 6) is 0.788. The lowest BCUT2D eigenvalue weighted by Crippen LogP contribution is -2.23. The summed E-state index contributed by atoms with van der Waals surface area (Å²) < 4.78 is 4.69. The van der Waals surface area contributed by atoms with Crippen LogP contribution in [0, 0.1) is 12.3 Å². The molecule has 0 saturated carbocycles. The summed E-state index contributed by atoms with van der Waals surface area (Å²) in [6.07, 6.45) is 2.70. The van der Waals surface area contributed by atoms with Gasteiger partial charge in [-0.3, -0.25) is 4.79 Å². The molecule has 0 bridgehead atoms. The number of para-hydroxylation sites is 1. The van der Waals surface area contributed by atoms with Crippen LogP contribution >= 0.6 is 15.9 Å². The van der Waals surface area contributed by atoms with Gasteiger partial charge in [0.05, 0.1) is 17.1 Å².